The van der Waals surface area contributed by atoms with Gasteiger partial charge in [-0.05, 0) is 18.2 Å². The van der Waals surface area contributed by atoms with Crippen LogP contribution in [0.5, 0.6) is 11.5 Å². The highest BCUT2D eigenvalue weighted by atomic mass is 16.5. The van der Waals surface area contributed by atoms with Gasteiger partial charge in [0, 0.05) is 55.8 Å². The molecule has 3 rings (SSSR count). The first-order valence-corrected chi connectivity index (χ1v) is 8.80. The fourth-order valence-corrected chi connectivity index (χ4v) is 3.11. The van der Waals surface area contributed by atoms with Crippen molar-refractivity contribution in [2.75, 3.05) is 40.4 Å². The van der Waals surface area contributed by atoms with Crippen LogP contribution in [0.25, 0.3) is 0 Å². The van der Waals surface area contributed by atoms with Crippen molar-refractivity contribution in [3.63, 3.8) is 0 Å². The molecule has 0 atom stereocenters. The molecule has 0 aliphatic carbocycles. The Bertz CT molecular complexity index is 802. The maximum Gasteiger partial charge on any atom is 0.254 e. The summed E-state index contributed by atoms with van der Waals surface area (Å²) in [6.07, 6.45) is 3.47. The molecule has 7 heteroatoms. The van der Waals surface area contributed by atoms with Crippen molar-refractivity contribution in [3.8, 4) is 11.5 Å². The van der Waals surface area contributed by atoms with E-state index in [1.165, 1.54) is 0 Å². The van der Waals surface area contributed by atoms with Gasteiger partial charge in [0.15, 0.2) is 0 Å². The molecule has 27 heavy (non-hydrogen) atoms. The summed E-state index contributed by atoms with van der Waals surface area (Å²) in [5.74, 6) is 1.32. The van der Waals surface area contributed by atoms with Crippen LogP contribution in [-0.4, -0.2) is 67.0 Å². The third-order valence-electron chi connectivity index (χ3n) is 4.68. The number of rotatable bonds is 5. The minimum Gasteiger partial charge on any atom is -0.497 e. The molecule has 1 fully saturated rings. The zero-order chi connectivity index (χ0) is 19.2. The molecule has 2 amide bonds. The molecule has 1 aromatic heterocycles. The molecule has 142 valence electrons. The smallest absolute Gasteiger partial charge is 0.254 e. The van der Waals surface area contributed by atoms with Crippen molar-refractivity contribution < 1.29 is 19.1 Å². The van der Waals surface area contributed by atoms with Crippen LogP contribution in [0.3, 0.4) is 0 Å². The van der Waals surface area contributed by atoms with E-state index in [1.54, 1.807) is 54.6 Å². The van der Waals surface area contributed by atoms with Gasteiger partial charge in [0.25, 0.3) is 5.91 Å². The van der Waals surface area contributed by atoms with Crippen LogP contribution in [-0.2, 0) is 11.2 Å². The average Bonchev–Trinajstić information content (AvgIpc) is 2.74. The largest absolute Gasteiger partial charge is 0.497 e. The van der Waals surface area contributed by atoms with Gasteiger partial charge in [-0.3, -0.25) is 14.6 Å². The van der Waals surface area contributed by atoms with E-state index in [0.717, 1.165) is 5.56 Å². The lowest BCUT2D eigenvalue weighted by atomic mass is 10.1. The third-order valence-corrected chi connectivity index (χ3v) is 4.68. The number of carbonyl (C=O) groups is 2. The molecule has 1 saturated heterocycles. The van der Waals surface area contributed by atoms with Crippen molar-refractivity contribution in [1.29, 1.82) is 0 Å². The first-order valence-electron chi connectivity index (χ1n) is 8.80. The molecule has 0 bridgehead atoms. The molecule has 0 unspecified atom stereocenters. The number of hydrogen-bond acceptors (Lipinski definition) is 5. The van der Waals surface area contributed by atoms with E-state index < -0.39 is 0 Å². The number of methoxy groups -OCH3 is 2. The van der Waals surface area contributed by atoms with E-state index in [0.29, 0.717) is 43.2 Å². The number of hydrogen-bond donors (Lipinski definition) is 0. The SMILES string of the molecule is COc1ccc(CC(=O)N2CCN(C(=O)c3ccncc3)CC2)c(OC)c1. The Hall–Kier alpha value is -3.09. The molecule has 0 N–H and O–H groups in total. The van der Waals surface area contributed by atoms with Gasteiger partial charge in [0.1, 0.15) is 11.5 Å². The van der Waals surface area contributed by atoms with E-state index in [9.17, 15) is 9.59 Å². The second-order valence-electron chi connectivity index (χ2n) is 6.26. The Morgan fingerprint density at radius 1 is 0.963 bits per heavy atom. The third kappa shape index (κ3) is 4.36. The summed E-state index contributed by atoms with van der Waals surface area (Å²) in [5, 5.41) is 0. The maximum absolute atomic E-state index is 12.7. The van der Waals surface area contributed by atoms with E-state index in [2.05, 4.69) is 4.98 Å². The van der Waals surface area contributed by atoms with Crippen LogP contribution in [0.4, 0.5) is 0 Å². The highest BCUT2D eigenvalue weighted by Crippen LogP contribution is 2.25. The molecular weight excluding hydrogens is 346 g/mol. The number of ether oxygens (including phenoxy) is 2. The van der Waals surface area contributed by atoms with Gasteiger partial charge in [0.2, 0.25) is 5.91 Å². The second-order valence-corrected chi connectivity index (χ2v) is 6.26. The zero-order valence-corrected chi connectivity index (χ0v) is 15.6. The summed E-state index contributed by atoms with van der Waals surface area (Å²) in [7, 11) is 3.17. The quantitative estimate of drug-likeness (QED) is 0.801. The number of aromatic nitrogens is 1. The second kappa shape index (κ2) is 8.53. The molecule has 1 aliphatic heterocycles. The summed E-state index contributed by atoms with van der Waals surface area (Å²) < 4.78 is 10.6. The fraction of sp³-hybridized carbons (Fsp3) is 0.350. The number of nitrogens with zero attached hydrogens (tertiary/aromatic N) is 3. The van der Waals surface area contributed by atoms with Crippen molar-refractivity contribution in [2.45, 2.75) is 6.42 Å². The zero-order valence-electron chi connectivity index (χ0n) is 15.6. The Morgan fingerprint density at radius 2 is 1.63 bits per heavy atom. The molecule has 1 aromatic carbocycles. The highest BCUT2D eigenvalue weighted by molar-refractivity contribution is 5.94. The van der Waals surface area contributed by atoms with Crippen molar-refractivity contribution in [1.82, 2.24) is 14.8 Å². The first-order chi connectivity index (χ1) is 13.1. The van der Waals surface area contributed by atoms with E-state index >= 15 is 0 Å². The Kier molecular flexibility index (Phi) is 5.90. The minimum atomic E-state index is -0.0266. The Labute approximate surface area is 158 Å². The van der Waals surface area contributed by atoms with Gasteiger partial charge >= 0.3 is 0 Å². The van der Waals surface area contributed by atoms with Crippen molar-refractivity contribution >= 4 is 11.8 Å². The minimum absolute atomic E-state index is 0.0227. The molecule has 0 saturated carbocycles. The van der Waals surface area contributed by atoms with Crippen LogP contribution in [0, 0.1) is 0 Å². The first kappa shape index (κ1) is 18.7. The predicted molar refractivity (Wildman–Crippen MR) is 100.0 cm³/mol. The van der Waals surface area contributed by atoms with Crippen LogP contribution in [0.15, 0.2) is 42.7 Å². The topological polar surface area (TPSA) is 72.0 Å². The van der Waals surface area contributed by atoms with Gasteiger partial charge in [-0.15, -0.1) is 0 Å². The van der Waals surface area contributed by atoms with Gasteiger partial charge in [-0.1, -0.05) is 6.07 Å². The van der Waals surface area contributed by atoms with Gasteiger partial charge in [-0.2, -0.15) is 0 Å². The predicted octanol–water partition coefficient (Wildman–Crippen LogP) is 1.63. The average molecular weight is 369 g/mol. The number of carbonyl (C=O) groups excluding carboxylic acids is 2. The van der Waals surface area contributed by atoms with Gasteiger partial charge < -0.3 is 19.3 Å². The lowest BCUT2D eigenvalue weighted by Gasteiger charge is -2.35. The molecule has 1 aliphatic rings. The maximum atomic E-state index is 12.7. The summed E-state index contributed by atoms with van der Waals surface area (Å²) in [4.78, 5) is 32.6. The molecule has 2 heterocycles. The van der Waals surface area contributed by atoms with E-state index in [4.69, 9.17) is 9.47 Å². The summed E-state index contributed by atoms with van der Waals surface area (Å²) in [6, 6.07) is 8.84. The van der Waals surface area contributed by atoms with E-state index in [-0.39, 0.29) is 18.2 Å². The van der Waals surface area contributed by atoms with Crippen LogP contribution in [0.2, 0.25) is 0 Å². The lowest BCUT2D eigenvalue weighted by Crippen LogP contribution is -2.51. The lowest BCUT2D eigenvalue weighted by molar-refractivity contribution is -0.131. The Morgan fingerprint density at radius 3 is 2.26 bits per heavy atom. The molecular formula is C20H23N3O4. The molecule has 2 aromatic rings. The number of amides is 2. The highest BCUT2D eigenvalue weighted by Gasteiger charge is 2.25. The normalized spacial score (nSPS) is 14.0. The van der Waals surface area contributed by atoms with Crippen molar-refractivity contribution in [3.05, 3.63) is 53.9 Å². The fourth-order valence-electron chi connectivity index (χ4n) is 3.11. The van der Waals surface area contributed by atoms with Crippen LogP contribution in [0.1, 0.15) is 15.9 Å². The standard InChI is InChI=1S/C20H23N3O4/c1-26-17-4-3-16(18(14-17)27-2)13-19(24)22-9-11-23(12-10-22)20(25)15-5-7-21-8-6-15/h3-8,14H,9-13H2,1-2H3. The monoisotopic (exact) mass is 369 g/mol. The molecule has 7 nitrogen and oxygen atoms in total. The molecule has 0 spiro atoms. The summed E-state index contributed by atoms with van der Waals surface area (Å²) >= 11 is 0. The van der Waals surface area contributed by atoms with Gasteiger partial charge in [-0.25, -0.2) is 0 Å². The Balaban J connectivity index is 1.58. The van der Waals surface area contributed by atoms with Crippen LogP contribution < -0.4 is 9.47 Å². The molecule has 0 radical (unpaired) electrons. The summed E-state index contributed by atoms with van der Waals surface area (Å²) in [6.45, 7) is 2.08. The van der Waals surface area contributed by atoms with Gasteiger partial charge in [0.05, 0.1) is 20.6 Å². The summed E-state index contributed by atoms with van der Waals surface area (Å²) in [5.41, 5.74) is 1.44. The number of pyridine rings is 1. The van der Waals surface area contributed by atoms with E-state index in [1.807, 2.05) is 12.1 Å². The van der Waals surface area contributed by atoms with Crippen LogP contribution >= 0.6 is 0 Å². The van der Waals surface area contributed by atoms with Crippen molar-refractivity contribution in [2.24, 2.45) is 0 Å². The number of benzene rings is 1. The number of piperazine rings is 1.